The summed E-state index contributed by atoms with van der Waals surface area (Å²) in [7, 11) is 0. The highest BCUT2D eigenvalue weighted by atomic mass is 16.3. The Bertz CT molecular complexity index is 1340. The number of hydrogen-bond acceptors (Lipinski definition) is 4. The zero-order chi connectivity index (χ0) is 30.1. The average molecular weight is 585 g/mol. The minimum absolute atomic E-state index is 0.0609. The second-order valence-corrected chi connectivity index (χ2v) is 15.8. The van der Waals surface area contributed by atoms with E-state index in [1.54, 1.807) is 0 Å². The molecule has 4 heteroatoms. The SMILES string of the molecule is C#CC1(O)CCC2C3CCC4=CC(=O)CCC4C3CCC21CC.C[C@]12CC[C@@H]3c4ccc(O)cc4CC[C@H]3[C@@H]1CC[C@@H]2O. The molecule has 7 aliphatic rings. The van der Waals surface area contributed by atoms with E-state index in [2.05, 4.69) is 25.8 Å². The van der Waals surface area contributed by atoms with Gasteiger partial charge >= 0.3 is 0 Å². The van der Waals surface area contributed by atoms with Crippen molar-refractivity contribution in [3.05, 3.63) is 41.0 Å². The van der Waals surface area contributed by atoms with E-state index in [1.165, 1.54) is 48.8 Å². The van der Waals surface area contributed by atoms with Gasteiger partial charge in [0.05, 0.1) is 6.10 Å². The third-order valence-corrected chi connectivity index (χ3v) is 14.7. The number of allylic oxidation sites excluding steroid dienone is 1. The highest BCUT2D eigenvalue weighted by molar-refractivity contribution is 5.91. The van der Waals surface area contributed by atoms with Gasteiger partial charge in [-0.05, 0) is 166 Å². The number of aromatic hydroxyl groups is 1. The third-order valence-electron chi connectivity index (χ3n) is 14.7. The van der Waals surface area contributed by atoms with E-state index in [0.29, 0.717) is 47.0 Å². The summed E-state index contributed by atoms with van der Waals surface area (Å²) in [5.41, 5.74) is 3.47. The minimum Gasteiger partial charge on any atom is -0.508 e. The summed E-state index contributed by atoms with van der Waals surface area (Å²) < 4.78 is 0. The fourth-order valence-electron chi connectivity index (χ4n) is 12.5. The summed E-state index contributed by atoms with van der Waals surface area (Å²) in [4.78, 5) is 11.8. The number of phenolic OH excluding ortho intramolecular Hbond substituents is 1. The first kappa shape index (κ1) is 29.6. The number of carbonyl (C=O) groups is 1. The molecule has 43 heavy (non-hydrogen) atoms. The molecule has 8 rings (SSSR count). The van der Waals surface area contributed by atoms with Crippen molar-refractivity contribution < 1.29 is 20.1 Å². The fourth-order valence-corrected chi connectivity index (χ4v) is 12.5. The fraction of sp³-hybridized carbons (Fsp3) is 0.718. The molecule has 0 aliphatic heterocycles. The lowest BCUT2D eigenvalue weighted by molar-refractivity contribution is -0.117. The molecule has 0 heterocycles. The Kier molecular flexibility index (Phi) is 7.42. The predicted molar refractivity (Wildman–Crippen MR) is 169 cm³/mol. The van der Waals surface area contributed by atoms with Gasteiger partial charge in [0.1, 0.15) is 11.4 Å². The molecule has 5 saturated carbocycles. The van der Waals surface area contributed by atoms with Gasteiger partial charge in [-0.3, -0.25) is 4.79 Å². The van der Waals surface area contributed by atoms with Crippen molar-refractivity contribution in [3.8, 4) is 18.1 Å². The topological polar surface area (TPSA) is 77.8 Å². The van der Waals surface area contributed by atoms with Gasteiger partial charge in [-0.15, -0.1) is 6.42 Å². The van der Waals surface area contributed by atoms with Crippen LogP contribution in [0.5, 0.6) is 5.75 Å². The van der Waals surface area contributed by atoms with E-state index < -0.39 is 5.60 Å². The van der Waals surface area contributed by atoms with E-state index >= 15 is 0 Å². The standard InChI is InChI=1S/C21H28O2.C18H24O2/c1-3-20-11-9-17-16-8-6-15(22)13-14(16)5-7-18(17)19(20)10-12-21(20,23)4-2;1-18-9-8-14-13-5-3-12(19)10-11(13)2-4-15(14)16(18)6-7-17(18)20/h2,13,16-19,23H,3,5-12H2,1H3;3,5,10,14-17,19-20H,2,4,6-9H2,1H3/t;14-,15-,16+,17+,18+/m.1/s1. The van der Waals surface area contributed by atoms with Crippen LogP contribution in [-0.2, 0) is 11.2 Å². The molecule has 0 aromatic heterocycles. The molecule has 1 aromatic carbocycles. The number of aliphatic hydroxyl groups is 2. The Morgan fingerprint density at radius 2 is 1.70 bits per heavy atom. The molecule has 0 radical (unpaired) electrons. The van der Waals surface area contributed by atoms with E-state index in [-0.39, 0.29) is 16.9 Å². The average Bonchev–Trinajstić information content (AvgIpc) is 3.50. The molecule has 0 saturated heterocycles. The quantitative estimate of drug-likeness (QED) is 0.299. The predicted octanol–water partition coefficient (Wildman–Crippen LogP) is 7.49. The van der Waals surface area contributed by atoms with Crippen LogP contribution < -0.4 is 0 Å². The highest BCUT2D eigenvalue weighted by Crippen LogP contribution is 2.66. The van der Waals surface area contributed by atoms with Crippen molar-refractivity contribution in [2.75, 3.05) is 0 Å². The number of aliphatic hydroxyl groups excluding tert-OH is 1. The molecular formula is C39H52O4. The van der Waals surface area contributed by atoms with E-state index in [9.17, 15) is 20.1 Å². The lowest BCUT2D eigenvalue weighted by atomic mass is 9.49. The van der Waals surface area contributed by atoms with Crippen molar-refractivity contribution in [1.82, 2.24) is 0 Å². The summed E-state index contributed by atoms with van der Waals surface area (Å²) in [5, 5.41) is 31.2. The molecule has 11 atom stereocenters. The number of benzene rings is 1. The van der Waals surface area contributed by atoms with E-state index in [4.69, 9.17) is 6.42 Å². The van der Waals surface area contributed by atoms with Gasteiger partial charge in [-0.2, -0.15) is 0 Å². The Labute approximate surface area is 258 Å². The molecule has 3 N–H and O–H groups in total. The lowest BCUT2D eigenvalue weighted by Crippen LogP contribution is -2.53. The van der Waals surface area contributed by atoms with Crippen LogP contribution in [0.2, 0.25) is 0 Å². The molecular weight excluding hydrogens is 532 g/mol. The Balaban J connectivity index is 0.000000141. The molecule has 7 aliphatic carbocycles. The van der Waals surface area contributed by atoms with Crippen LogP contribution in [0.15, 0.2) is 29.8 Å². The Morgan fingerprint density at radius 3 is 2.49 bits per heavy atom. The monoisotopic (exact) mass is 584 g/mol. The molecule has 0 bridgehead atoms. The summed E-state index contributed by atoms with van der Waals surface area (Å²) >= 11 is 0. The van der Waals surface area contributed by atoms with Crippen molar-refractivity contribution in [2.24, 2.45) is 46.3 Å². The first-order chi connectivity index (χ1) is 20.6. The largest absolute Gasteiger partial charge is 0.508 e. The zero-order valence-electron chi connectivity index (χ0n) is 26.4. The van der Waals surface area contributed by atoms with Gasteiger partial charge < -0.3 is 15.3 Å². The van der Waals surface area contributed by atoms with Crippen molar-refractivity contribution in [3.63, 3.8) is 0 Å². The van der Waals surface area contributed by atoms with Gasteiger partial charge in [-0.1, -0.05) is 31.4 Å². The van der Waals surface area contributed by atoms with E-state index in [0.717, 1.165) is 70.1 Å². The highest BCUT2D eigenvalue weighted by Gasteiger charge is 2.63. The smallest absolute Gasteiger partial charge is 0.155 e. The maximum atomic E-state index is 11.8. The molecule has 232 valence electrons. The van der Waals surface area contributed by atoms with Gasteiger partial charge in [0.15, 0.2) is 5.78 Å². The maximum absolute atomic E-state index is 11.8. The lowest BCUT2D eigenvalue weighted by Gasteiger charge is -2.55. The van der Waals surface area contributed by atoms with Crippen molar-refractivity contribution in [2.45, 2.75) is 128 Å². The number of terminal acetylenes is 1. The summed E-state index contributed by atoms with van der Waals surface area (Å²) in [6, 6.07) is 5.96. The summed E-state index contributed by atoms with van der Waals surface area (Å²) in [6.07, 6.45) is 23.7. The number of phenols is 1. The molecule has 4 nitrogen and oxygen atoms in total. The number of ketones is 1. The minimum atomic E-state index is -0.893. The van der Waals surface area contributed by atoms with Gasteiger partial charge in [0.2, 0.25) is 0 Å². The van der Waals surface area contributed by atoms with E-state index in [1.807, 2.05) is 18.2 Å². The Morgan fingerprint density at radius 1 is 0.884 bits per heavy atom. The maximum Gasteiger partial charge on any atom is 0.155 e. The number of hydrogen-bond donors (Lipinski definition) is 3. The second-order valence-electron chi connectivity index (χ2n) is 15.8. The molecule has 0 amide bonds. The normalized spacial score (nSPS) is 45.9. The van der Waals surface area contributed by atoms with Gasteiger partial charge in [0, 0.05) is 11.8 Å². The van der Waals surface area contributed by atoms with Crippen molar-refractivity contribution >= 4 is 5.78 Å². The number of fused-ring (bicyclic) bond motifs is 10. The Hall–Kier alpha value is -2.09. The summed E-state index contributed by atoms with van der Waals surface area (Å²) in [6.45, 7) is 4.53. The zero-order valence-corrected chi connectivity index (χ0v) is 26.4. The number of carbonyl (C=O) groups excluding carboxylic acids is 1. The van der Waals surface area contributed by atoms with Crippen LogP contribution in [0.25, 0.3) is 0 Å². The molecule has 0 spiro atoms. The first-order valence-corrected chi connectivity index (χ1v) is 17.6. The van der Waals surface area contributed by atoms with Crippen LogP contribution in [0, 0.1) is 58.7 Å². The van der Waals surface area contributed by atoms with Crippen LogP contribution in [0.4, 0.5) is 0 Å². The van der Waals surface area contributed by atoms with Crippen LogP contribution >= 0.6 is 0 Å². The number of aryl methyl sites for hydroxylation is 1. The number of rotatable bonds is 1. The van der Waals surface area contributed by atoms with Crippen LogP contribution in [0.1, 0.15) is 121 Å². The molecule has 5 fully saturated rings. The summed E-state index contributed by atoms with van der Waals surface area (Å²) in [5.74, 6) is 8.22. The van der Waals surface area contributed by atoms with Crippen LogP contribution in [0.3, 0.4) is 0 Å². The first-order valence-electron chi connectivity index (χ1n) is 17.6. The van der Waals surface area contributed by atoms with Crippen molar-refractivity contribution in [1.29, 1.82) is 0 Å². The van der Waals surface area contributed by atoms with Crippen LogP contribution in [-0.4, -0.2) is 32.8 Å². The van der Waals surface area contributed by atoms with Gasteiger partial charge in [-0.25, -0.2) is 0 Å². The third kappa shape index (κ3) is 4.42. The van der Waals surface area contributed by atoms with Gasteiger partial charge in [0.25, 0.3) is 0 Å². The molecule has 1 aromatic rings. The second kappa shape index (κ2) is 10.8. The molecule has 6 unspecified atom stereocenters.